The van der Waals surface area contributed by atoms with Gasteiger partial charge in [0.1, 0.15) is 0 Å². The van der Waals surface area contributed by atoms with Crippen molar-refractivity contribution in [3.05, 3.63) is 95.5 Å². The maximum absolute atomic E-state index is 13.1. The number of nitrogens with zero attached hydrogens (tertiary/aromatic N) is 1. The van der Waals surface area contributed by atoms with Crippen LogP contribution in [0.2, 0.25) is 5.02 Å². The van der Waals surface area contributed by atoms with Crippen molar-refractivity contribution in [2.24, 2.45) is 0 Å². The molecule has 1 amide bonds. The van der Waals surface area contributed by atoms with Crippen molar-refractivity contribution in [3.8, 4) is 0 Å². The number of hydrazine groups is 1. The summed E-state index contributed by atoms with van der Waals surface area (Å²) in [5.41, 5.74) is 3.14. The molecule has 7 heteroatoms. The third-order valence-corrected chi connectivity index (χ3v) is 5.48. The van der Waals surface area contributed by atoms with E-state index in [4.69, 9.17) is 11.6 Å². The minimum Gasteiger partial charge on any atom is -0.267 e. The van der Waals surface area contributed by atoms with Crippen molar-refractivity contribution in [1.82, 2.24) is 5.43 Å². The summed E-state index contributed by atoms with van der Waals surface area (Å²) in [5.74, 6) is -0.535. The molecule has 0 aliphatic heterocycles. The van der Waals surface area contributed by atoms with Gasteiger partial charge in [0.25, 0.3) is 15.9 Å². The summed E-state index contributed by atoms with van der Waals surface area (Å²) < 4.78 is 27.0. The molecule has 3 aromatic carbocycles. The fourth-order valence-electron chi connectivity index (χ4n) is 2.29. The zero-order chi connectivity index (χ0) is 18.6. The first kappa shape index (κ1) is 18.0. The highest BCUT2D eigenvalue weighted by Crippen LogP contribution is 2.23. The van der Waals surface area contributed by atoms with E-state index in [1.54, 1.807) is 60.7 Å². The molecule has 3 aromatic rings. The Labute approximate surface area is 156 Å². The molecule has 1 N–H and O–H groups in total. The third kappa shape index (κ3) is 3.87. The second-order valence-corrected chi connectivity index (χ2v) is 7.59. The molecule has 3 rings (SSSR count). The van der Waals surface area contributed by atoms with E-state index in [0.29, 0.717) is 16.3 Å². The number of nitrogens with one attached hydrogen (secondary N) is 1. The Hall–Kier alpha value is -2.83. The van der Waals surface area contributed by atoms with E-state index in [1.165, 1.54) is 24.3 Å². The molecule has 132 valence electrons. The first-order valence-electron chi connectivity index (χ1n) is 7.70. The molecule has 0 atom stereocenters. The first-order chi connectivity index (χ1) is 12.5. The van der Waals surface area contributed by atoms with Crippen LogP contribution in [0.4, 0.5) is 5.69 Å². The van der Waals surface area contributed by atoms with Crippen LogP contribution in [0.1, 0.15) is 10.4 Å². The number of rotatable bonds is 5. The van der Waals surface area contributed by atoms with Crippen molar-refractivity contribution in [2.75, 3.05) is 4.41 Å². The van der Waals surface area contributed by atoms with Gasteiger partial charge < -0.3 is 0 Å². The Balaban J connectivity index is 2.01. The number of halogens is 1. The predicted octanol–water partition coefficient (Wildman–Crippen LogP) is 3.88. The molecule has 0 fully saturated rings. The Morgan fingerprint density at radius 3 is 1.92 bits per heavy atom. The van der Waals surface area contributed by atoms with E-state index in [2.05, 4.69) is 5.43 Å². The number of benzene rings is 3. The van der Waals surface area contributed by atoms with Crippen LogP contribution in [0.3, 0.4) is 0 Å². The van der Waals surface area contributed by atoms with E-state index >= 15 is 0 Å². The van der Waals surface area contributed by atoms with Crippen molar-refractivity contribution in [3.63, 3.8) is 0 Å². The summed E-state index contributed by atoms with van der Waals surface area (Å²) >= 11 is 5.84. The lowest BCUT2D eigenvalue weighted by atomic mass is 10.2. The van der Waals surface area contributed by atoms with Crippen LogP contribution >= 0.6 is 11.6 Å². The second-order valence-electron chi connectivity index (χ2n) is 5.37. The number of sulfonamides is 1. The van der Waals surface area contributed by atoms with Gasteiger partial charge in [-0.2, -0.15) is 12.8 Å². The highest BCUT2D eigenvalue weighted by Gasteiger charge is 2.27. The maximum atomic E-state index is 13.1. The van der Waals surface area contributed by atoms with Gasteiger partial charge in [0.2, 0.25) is 0 Å². The second kappa shape index (κ2) is 7.59. The lowest BCUT2D eigenvalue weighted by molar-refractivity contribution is 0.0955. The normalized spacial score (nSPS) is 11.0. The third-order valence-electron chi connectivity index (χ3n) is 3.58. The molecule has 0 saturated carbocycles. The molecule has 0 aliphatic rings. The van der Waals surface area contributed by atoms with Crippen LogP contribution in [-0.2, 0) is 10.0 Å². The van der Waals surface area contributed by atoms with E-state index in [1.807, 2.05) is 0 Å². The number of anilines is 1. The monoisotopic (exact) mass is 386 g/mol. The van der Waals surface area contributed by atoms with Gasteiger partial charge in [-0.3, -0.25) is 4.79 Å². The summed E-state index contributed by atoms with van der Waals surface area (Å²) in [5, 5.41) is 0.420. The number of carbonyl (C=O) groups excluding carboxylic acids is 1. The van der Waals surface area contributed by atoms with Gasteiger partial charge in [-0.1, -0.05) is 48.0 Å². The van der Waals surface area contributed by atoms with E-state index in [-0.39, 0.29) is 4.90 Å². The van der Waals surface area contributed by atoms with Gasteiger partial charge in [-0.05, 0) is 48.5 Å². The zero-order valence-corrected chi connectivity index (χ0v) is 15.1. The standard InChI is InChI=1S/C19H15ClN2O3S/c20-16-11-13-18(14-12-16)26(24,25)22(17-9-5-2-6-10-17)21-19(23)15-7-3-1-4-8-15/h1-14H,(H,21,23). The van der Waals surface area contributed by atoms with Gasteiger partial charge in [-0.25, -0.2) is 5.43 Å². The number of carbonyl (C=O) groups is 1. The SMILES string of the molecule is O=C(NN(c1ccccc1)S(=O)(=O)c1ccc(Cl)cc1)c1ccccc1. The van der Waals surface area contributed by atoms with Crippen molar-refractivity contribution >= 4 is 33.2 Å². The zero-order valence-electron chi connectivity index (χ0n) is 13.5. The predicted molar refractivity (Wildman–Crippen MR) is 101 cm³/mol. The summed E-state index contributed by atoms with van der Waals surface area (Å²) in [6, 6.07) is 22.5. The Morgan fingerprint density at radius 2 is 1.35 bits per heavy atom. The molecule has 0 bridgehead atoms. The summed E-state index contributed by atoms with van der Waals surface area (Å²) in [4.78, 5) is 12.5. The molecule has 0 aromatic heterocycles. The van der Waals surface area contributed by atoms with Crippen molar-refractivity contribution < 1.29 is 13.2 Å². The smallest absolute Gasteiger partial charge is 0.267 e. The van der Waals surface area contributed by atoms with Crippen molar-refractivity contribution in [2.45, 2.75) is 4.90 Å². The molecule has 0 aliphatic carbocycles. The molecule has 0 saturated heterocycles. The van der Waals surface area contributed by atoms with Gasteiger partial charge in [0, 0.05) is 10.6 Å². The Kier molecular flexibility index (Phi) is 5.25. The number of amides is 1. The lowest BCUT2D eigenvalue weighted by Gasteiger charge is -2.25. The number of para-hydroxylation sites is 1. The largest absolute Gasteiger partial charge is 0.281 e. The van der Waals surface area contributed by atoms with E-state index in [0.717, 1.165) is 4.41 Å². The fourth-order valence-corrected chi connectivity index (χ4v) is 3.70. The minimum atomic E-state index is -4.03. The molecule has 5 nitrogen and oxygen atoms in total. The van der Waals surface area contributed by atoms with Gasteiger partial charge in [0.15, 0.2) is 0 Å². The molecule has 0 radical (unpaired) electrons. The van der Waals surface area contributed by atoms with E-state index in [9.17, 15) is 13.2 Å². The topological polar surface area (TPSA) is 66.5 Å². The summed E-state index contributed by atoms with van der Waals surface area (Å²) in [7, 11) is -4.03. The average molecular weight is 387 g/mol. The minimum absolute atomic E-state index is 0.0131. The quantitative estimate of drug-likeness (QED) is 0.676. The summed E-state index contributed by atoms with van der Waals surface area (Å²) in [6.07, 6.45) is 0. The Morgan fingerprint density at radius 1 is 0.808 bits per heavy atom. The average Bonchev–Trinajstić information content (AvgIpc) is 2.67. The number of hydrogen-bond donors (Lipinski definition) is 1. The molecule has 0 spiro atoms. The Bertz CT molecular complexity index is 992. The molecule has 26 heavy (non-hydrogen) atoms. The van der Waals surface area contributed by atoms with Crippen molar-refractivity contribution in [1.29, 1.82) is 0 Å². The summed E-state index contributed by atoms with van der Waals surface area (Å²) in [6.45, 7) is 0. The van der Waals surface area contributed by atoms with Crippen LogP contribution in [-0.4, -0.2) is 14.3 Å². The van der Waals surface area contributed by atoms with Crippen LogP contribution in [0, 0.1) is 0 Å². The molecular formula is C19H15ClN2O3S. The maximum Gasteiger partial charge on any atom is 0.281 e. The first-order valence-corrected chi connectivity index (χ1v) is 9.52. The van der Waals surface area contributed by atoms with Crippen LogP contribution in [0.25, 0.3) is 0 Å². The number of hydrogen-bond acceptors (Lipinski definition) is 3. The molecule has 0 unspecified atom stereocenters. The van der Waals surface area contributed by atoms with Crippen LogP contribution in [0.5, 0.6) is 0 Å². The highest BCUT2D eigenvalue weighted by atomic mass is 35.5. The van der Waals surface area contributed by atoms with Gasteiger partial charge in [-0.15, -0.1) is 0 Å². The lowest BCUT2D eigenvalue weighted by Crippen LogP contribution is -2.46. The molecule has 0 heterocycles. The van der Waals surface area contributed by atoms with E-state index < -0.39 is 15.9 Å². The van der Waals surface area contributed by atoms with Gasteiger partial charge in [0.05, 0.1) is 10.6 Å². The van der Waals surface area contributed by atoms with Gasteiger partial charge >= 0.3 is 0 Å². The highest BCUT2D eigenvalue weighted by molar-refractivity contribution is 7.92. The van der Waals surface area contributed by atoms with Crippen LogP contribution < -0.4 is 9.84 Å². The van der Waals surface area contributed by atoms with Crippen LogP contribution in [0.15, 0.2) is 89.8 Å². The molecular weight excluding hydrogens is 372 g/mol. The fraction of sp³-hybridized carbons (Fsp3) is 0.